The maximum absolute atomic E-state index is 3.52. The van der Waals surface area contributed by atoms with E-state index < -0.39 is 0 Å². The van der Waals surface area contributed by atoms with Crippen LogP contribution >= 0.6 is 0 Å². The third-order valence-electron chi connectivity index (χ3n) is 1.59. The molecule has 0 fully saturated rings. The van der Waals surface area contributed by atoms with E-state index >= 15 is 0 Å². The summed E-state index contributed by atoms with van der Waals surface area (Å²) >= 11 is 0. The minimum absolute atomic E-state index is 1.07. The monoisotopic (exact) mass is 147 g/mol. The summed E-state index contributed by atoms with van der Waals surface area (Å²) in [5.74, 6) is 0. The van der Waals surface area contributed by atoms with E-state index in [4.69, 9.17) is 0 Å². The van der Waals surface area contributed by atoms with Gasteiger partial charge in [0.25, 0.3) is 0 Å². The first-order valence-corrected chi connectivity index (χ1v) is 3.79. The highest BCUT2D eigenvalue weighted by molar-refractivity contribution is 5.29. The Morgan fingerprint density at radius 1 is 1.82 bits per heavy atom. The molecule has 1 rings (SSSR count). The molecule has 0 radical (unpaired) electrons. The van der Waals surface area contributed by atoms with Gasteiger partial charge >= 0.3 is 0 Å². The van der Waals surface area contributed by atoms with Gasteiger partial charge in [0, 0.05) is 6.54 Å². The Hall–Kier alpha value is -1.20. The lowest BCUT2D eigenvalue weighted by Crippen LogP contribution is -1.96. The molecule has 0 saturated carbocycles. The Bertz CT molecular complexity index is 240. The number of allylic oxidation sites excluding steroid dienone is 3. The normalized spacial score (nSPS) is 16.8. The second-order valence-electron chi connectivity index (χ2n) is 2.66. The maximum Gasteiger partial charge on any atom is 0.0182 e. The predicted octanol–water partition coefficient (Wildman–Crippen LogP) is 2.15. The Morgan fingerprint density at radius 3 is 3.18 bits per heavy atom. The second-order valence-corrected chi connectivity index (χ2v) is 2.66. The molecule has 1 N–H and O–H groups in total. The molecule has 1 heterocycles. The van der Waals surface area contributed by atoms with Crippen LogP contribution < -0.4 is 5.32 Å². The van der Waals surface area contributed by atoms with E-state index in [0.29, 0.717) is 0 Å². The van der Waals surface area contributed by atoms with Crippen molar-refractivity contribution in [2.45, 2.75) is 13.3 Å². The molecular weight excluding hydrogens is 134 g/mol. The maximum atomic E-state index is 3.52. The minimum atomic E-state index is 1.07. The Morgan fingerprint density at radius 2 is 2.64 bits per heavy atom. The molecule has 0 atom stereocenters. The van der Waals surface area contributed by atoms with Crippen LogP contribution in [0.25, 0.3) is 0 Å². The SMILES string of the molecule is C=C=C/C(C)=C\C1=CNCC1. The van der Waals surface area contributed by atoms with E-state index in [9.17, 15) is 0 Å². The van der Waals surface area contributed by atoms with Crippen LogP contribution in [0, 0.1) is 0 Å². The molecule has 1 aliphatic rings. The molecule has 0 unspecified atom stereocenters. The van der Waals surface area contributed by atoms with Gasteiger partial charge in [0.15, 0.2) is 0 Å². The van der Waals surface area contributed by atoms with Gasteiger partial charge in [-0.2, -0.15) is 0 Å². The van der Waals surface area contributed by atoms with Crippen molar-refractivity contribution < 1.29 is 0 Å². The fourth-order valence-electron chi connectivity index (χ4n) is 1.10. The number of nitrogens with one attached hydrogen (secondary N) is 1. The fourth-order valence-corrected chi connectivity index (χ4v) is 1.10. The number of rotatable bonds is 2. The Labute approximate surface area is 67.8 Å². The van der Waals surface area contributed by atoms with E-state index in [0.717, 1.165) is 13.0 Å². The molecule has 0 aromatic rings. The van der Waals surface area contributed by atoms with Crippen molar-refractivity contribution in [3.63, 3.8) is 0 Å². The summed E-state index contributed by atoms with van der Waals surface area (Å²) in [5, 5.41) is 3.16. The first-order chi connectivity index (χ1) is 5.33. The molecule has 1 heteroatoms. The van der Waals surface area contributed by atoms with E-state index in [2.05, 4.69) is 36.8 Å². The molecule has 1 nitrogen and oxygen atoms in total. The summed E-state index contributed by atoms with van der Waals surface area (Å²) < 4.78 is 0. The van der Waals surface area contributed by atoms with Gasteiger partial charge in [-0.1, -0.05) is 12.7 Å². The van der Waals surface area contributed by atoms with Crippen LogP contribution in [0.1, 0.15) is 13.3 Å². The first-order valence-electron chi connectivity index (χ1n) is 3.79. The van der Waals surface area contributed by atoms with Crippen LogP contribution in [0.5, 0.6) is 0 Å². The molecule has 11 heavy (non-hydrogen) atoms. The second kappa shape index (κ2) is 3.85. The van der Waals surface area contributed by atoms with E-state index in [1.165, 1.54) is 11.1 Å². The van der Waals surface area contributed by atoms with Gasteiger partial charge in [-0.3, -0.25) is 0 Å². The zero-order valence-corrected chi connectivity index (χ0v) is 6.85. The van der Waals surface area contributed by atoms with Crippen molar-refractivity contribution in [2.75, 3.05) is 6.54 Å². The quantitative estimate of drug-likeness (QED) is 0.466. The van der Waals surface area contributed by atoms with Crippen molar-refractivity contribution in [3.8, 4) is 0 Å². The average Bonchev–Trinajstić information content (AvgIpc) is 2.40. The van der Waals surface area contributed by atoms with Crippen molar-refractivity contribution in [1.82, 2.24) is 5.32 Å². The minimum Gasteiger partial charge on any atom is -0.390 e. The summed E-state index contributed by atoms with van der Waals surface area (Å²) in [4.78, 5) is 0. The number of hydrogen-bond donors (Lipinski definition) is 1. The molecule has 0 aromatic heterocycles. The van der Waals surface area contributed by atoms with E-state index in [-0.39, 0.29) is 0 Å². The summed E-state index contributed by atoms with van der Waals surface area (Å²) in [6.45, 7) is 6.64. The summed E-state index contributed by atoms with van der Waals surface area (Å²) in [6, 6.07) is 0. The van der Waals surface area contributed by atoms with Gasteiger partial charge in [-0.05, 0) is 36.8 Å². The summed E-state index contributed by atoms with van der Waals surface area (Å²) in [6.07, 6.45) is 7.22. The highest BCUT2D eigenvalue weighted by atomic mass is 14.8. The first kappa shape index (κ1) is 7.90. The van der Waals surface area contributed by atoms with Crippen LogP contribution in [-0.2, 0) is 0 Å². The van der Waals surface area contributed by atoms with Gasteiger partial charge < -0.3 is 5.32 Å². The zero-order chi connectivity index (χ0) is 8.10. The molecule has 0 spiro atoms. The highest BCUT2D eigenvalue weighted by Crippen LogP contribution is 2.09. The highest BCUT2D eigenvalue weighted by Gasteiger charge is 1.98. The van der Waals surface area contributed by atoms with Crippen molar-refractivity contribution in [1.29, 1.82) is 0 Å². The molecule has 0 aliphatic carbocycles. The summed E-state index contributed by atoms with van der Waals surface area (Å²) in [5.41, 5.74) is 5.31. The smallest absolute Gasteiger partial charge is 0.0182 e. The lowest BCUT2D eigenvalue weighted by molar-refractivity contribution is 0.910. The lowest BCUT2D eigenvalue weighted by Gasteiger charge is -1.91. The van der Waals surface area contributed by atoms with Crippen LogP contribution in [0.15, 0.2) is 41.8 Å². The van der Waals surface area contributed by atoms with Gasteiger partial charge in [-0.25, -0.2) is 0 Å². The van der Waals surface area contributed by atoms with Crippen molar-refractivity contribution >= 4 is 0 Å². The van der Waals surface area contributed by atoms with Crippen molar-refractivity contribution in [2.24, 2.45) is 0 Å². The van der Waals surface area contributed by atoms with Crippen LogP contribution in [0.3, 0.4) is 0 Å². The topological polar surface area (TPSA) is 12.0 Å². The van der Waals surface area contributed by atoms with Gasteiger partial charge in [0.1, 0.15) is 0 Å². The zero-order valence-electron chi connectivity index (χ0n) is 6.85. The predicted molar refractivity (Wildman–Crippen MR) is 48.2 cm³/mol. The largest absolute Gasteiger partial charge is 0.390 e. The molecule has 0 saturated heterocycles. The molecule has 0 bridgehead atoms. The van der Waals surface area contributed by atoms with E-state index in [1.807, 2.05) is 6.08 Å². The third kappa shape index (κ3) is 2.48. The van der Waals surface area contributed by atoms with Gasteiger partial charge in [-0.15, -0.1) is 5.73 Å². The molecular formula is C10H13N. The number of hydrogen-bond acceptors (Lipinski definition) is 1. The molecule has 1 aliphatic heterocycles. The molecule has 58 valence electrons. The Balaban J connectivity index is 2.63. The Kier molecular flexibility index (Phi) is 2.76. The third-order valence-corrected chi connectivity index (χ3v) is 1.59. The lowest BCUT2D eigenvalue weighted by atomic mass is 10.1. The van der Waals surface area contributed by atoms with E-state index in [1.54, 1.807) is 0 Å². The molecule has 0 amide bonds. The average molecular weight is 147 g/mol. The summed E-state index contributed by atoms with van der Waals surface area (Å²) in [7, 11) is 0. The van der Waals surface area contributed by atoms with Gasteiger partial charge in [0.2, 0.25) is 0 Å². The fraction of sp³-hybridized carbons (Fsp3) is 0.300. The standard InChI is InChI=1S/C10H13N/c1-3-4-9(2)7-10-5-6-11-8-10/h4,7-8,11H,1,5-6H2,2H3/b9-7-. The van der Waals surface area contributed by atoms with Crippen LogP contribution in [0.4, 0.5) is 0 Å². The van der Waals surface area contributed by atoms with Gasteiger partial charge in [0.05, 0.1) is 0 Å². The van der Waals surface area contributed by atoms with Crippen molar-refractivity contribution in [3.05, 3.63) is 41.8 Å². The molecule has 0 aromatic carbocycles. The van der Waals surface area contributed by atoms with Crippen LogP contribution in [-0.4, -0.2) is 6.54 Å². The van der Waals surface area contributed by atoms with Crippen LogP contribution in [0.2, 0.25) is 0 Å².